The monoisotopic (exact) mass is 696 g/mol. The number of amides is 1. The van der Waals surface area contributed by atoms with Gasteiger partial charge in [-0.3, -0.25) is 4.79 Å². The van der Waals surface area contributed by atoms with Crippen molar-refractivity contribution in [3.05, 3.63) is 75.8 Å². The summed E-state index contributed by atoms with van der Waals surface area (Å²) in [4.78, 5) is 13.4. The molecule has 1 aliphatic rings. The number of thioether (sulfide) groups is 1. The van der Waals surface area contributed by atoms with Gasteiger partial charge < -0.3 is 25.0 Å². The van der Waals surface area contributed by atoms with E-state index in [4.69, 9.17) is 37.8 Å². The Kier molecular flexibility index (Phi) is 12.5. The Hall–Kier alpha value is -2.51. The molecule has 0 spiro atoms. The summed E-state index contributed by atoms with van der Waals surface area (Å²) >= 11 is 13.7. The van der Waals surface area contributed by atoms with E-state index in [1.165, 1.54) is 22.5 Å². The highest BCUT2D eigenvalue weighted by Crippen LogP contribution is 2.40. The zero-order valence-corrected chi connectivity index (χ0v) is 28.5. The summed E-state index contributed by atoms with van der Waals surface area (Å²) in [5.41, 5.74) is 3.55. The largest absolute Gasteiger partial charge is 0.496 e. The number of aliphatic hydroxyl groups excluding tert-OH is 2. The number of carbonyl (C=O) groups excluding carboxylic acids is 1. The van der Waals surface area contributed by atoms with E-state index in [0.29, 0.717) is 42.3 Å². The van der Waals surface area contributed by atoms with Crippen molar-refractivity contribution in [2.75, 3.05) is 33.1 Å². The molecule has 3 N–H and O–H groups in total. The molecule has 0 radical (unpaired) electrons. The fraction of sp³-hybridized carbons (Fsp3) is 0.406. The number of aliphatic hydroxyl groups is 2. The maximum atomic E-state index is 13.4. The van der Waals surface area contributed by atoms with Crippen LogP contribution in [0.4, 0.5) is 0 Å². The van der Waals surface area contributed by atoms with Crippen LogP contribution in [0.2, 0.25) is 10.0 Å². The Morgan fingerprint density at radius 2 is 1.67 bits per heavy atom. The lowest BCUT2D eigenvalue weighted by molar-refractivity contribution is -0.125. The van der Waals surface area contributed by atoms with Crippen LogP contribution in [0.1, 0.15) is 30.9 Å². The Morgan fingerprint density at radius 3 is 2.22 bits per heavy atom. The van der Waals surface area contributed by atoms with E-state index in [2.05, 4.69) is 5.32 Å². The average Bonchev–Trinajstić information content (AvgIpc) is 3.52. The quantitative estimate of drug-likeness (QED) is 0.197. The molecule has 0 saturated carbocycles. The number of sulfonamides is 1. The zero-order valence-electron chi connectivity index (χ0n) is 25.3. The summed E-state index contributed by atoms with van der Waals surface area (Å²) in [5.74, 6) is 2.19. The molecule has 0 aromatic heterocycles. The second kappa shape index (κ2) is 15.9. The lowest BCUT2D eigenvalue weighted by Gasteiger charge is -2.27. The van der Waals surface area contributed by atoms with E-state index in [1.807, 2.05) is 36.4 Å². The molecule has 13 heteroatoms. The smallest absolute Gasteiger partial charge is 0.243 e. The van der Waals surface area contributed by atoms with Crippen LogP contribution in [0.3, 0.4) is 0 Å². The Morgan fingerprint density at radius 1 is 1.04 bits per heavy atom. The Labute approximate surface area is 278 Å². The number of methoxy groups -OCH3 is 2. The van der Waals surface area contributed by atoms with Gasteiger partial charge in [-0.25, -0.2) is 8.42 Å². The topological polar surface area (TPSA) is 125 Å². The number of hydrogen-bond acceptors (Lipinski definition) is 8. The molecule has 1 amide bonds. The number of ether oxygens (including phenoxy) is 2. The third-order valence-electron chi connectivity index (χ3n) is 7.63. The van der Waals surface area contributed by atoms with Gasteiger partial charge in [0.1, 0.15) is 17.5 Å². The van der Waals surface area contributed by atoms with Crippen molar-refractivity contribution in [2.45, 2.75) is 55.0 Å². The van der Waals surface area contributed by atoms with Crippen molar-refractivity contribution in [3.63, 3.8) is 0 Å². The summed E-state index contributed by atoms with van der Waals surface area (Å²) in [6, 6.07) is 14.1. The van der Waals surface area contributed by atoms with Crippen LogP contribution in [0.25, 0.3) is 11.1 Å². The van der Waals surface area contributed by atoms with Crippen LogP contribution in [-0.2, 0) is 27.0 Å². The predicted octanol–water partition coefficient (Wildman–Crippen LogP) is 5.16. The molecular formula is C32H38Cl2N2O7S2. The summed E-state index contributed by atoms with van der Waals surface area (Å²) in [5, 5.41) is 22.9. The van der Waals surface area contributed by atoms with Gasteiger partial charge in [-0.05, 0) is 73.2 Å². The van der Waals surface area contributed by atoms with Crippen LogP contribution >= 0.6 is 35.0 Å². The lowest BCUT2D eigenvalue weighted by Crippen LogP contribution is -2.52. The molecule has 3 aromatic carbocycles. The molecule has 3 aromatic rings. The van der Waals surface area contributed by atoms with Gasteiger partial charge in [0.2, 0.25) is 15.9 Å². The summed E-state index contributed by atoms with van der Waals surface area (Å²) in [6.07, 6.45) is 0.288. The normalized spacial score (nSPS) is 16.7. The number of nitrogens with zero attached hydrogens (tertiary/aromatic N) is 1. The third-order valence-corrected chi connectivity index (χ3v) is 11.0. The van der Waals surface area contributed by atoms with Crippen LogP contribution in [-0.4, -0.2) is 80.2 Å². The van der Waals surface area contributed by atoms with Gasteiger partial charge in [-0.2, -0.15) is 16.1 Å². The van der Waals surface area contributed by atoms with Crippen molar-refractivity contribution in [3.8, 4) is 22.6 Å². The standard InChI is InChI=1S/C32H38Cl2N2O7S2/c1-20(38)27(35-32(39)28-5-4-10-36(28)45(40,41)26-17-24(33)16-25(34)18-26)13-21-6-8-23(9-7-21)31-29(42-2)14-22(15-30(31)43-3)19-44-12-11-37/h6-9,14-18,20,27-28,37-38H,4-5,10-13,19H2,1-3H3,(H,35,39)/t20?,27-,28-/m1/s1. The van der Waals surface area contributed by atoms with Gasteiger partial charge in [-0.15, -0.1) is 0 Å². The van der Waals surface area contributed by atoms with Crippen molar-refractivity contribution in [2.24, 2.45) is 0 Å². The molecule has 1 fully saturated rings. The molecule has 1 saturated heterocycles. The highest BCUT2D eigenvalue weighted by molar-refractivity contribution is 7.98. The second-order valence-corrected chi connectivity index (χ2v) is 14.7. The number of hydrogen-bond donors (Lipinski definition) is 3. The number of halogens is 2. The fourth-order valence-electron chi connectivity index (χ4n) is 5.37. The number of nitrogens with one attached hydrogen (secondary N) is 1. The van der Waals surface area contributed by atoms with Crippen molar-refractivity contribution >= 4 is 50.9 Å². The minimum Gasteiger partial charge on any atom is -0.496 e. The summed E-state index contributed by atoms with van der Waals surface area (Å²) in [7, 11) is -0.825. The third kappa shape index (κ3) is 8.65. The SMILES string of the molecule is COc1cc(CSCCO)cc(OC)c1-c1ccc(C[C@@H](NC(=O)[C@H]2CCCN2S(=O)(=O)c2cc(Cl)cc(Cl)c2)C(C)O)cc1. The van der Waals surface area contributed by atoms with Crippen molar-refractivity contribution in [1.82, 2.24) is 9.62 Å². The fourth-order valence-corrected chi connectivity index (χ4v) is 8.43. The molecule has 9 nitrogen and oxygen atoms in total. The molecule has 45 heavy (non-hydrogen) atoms. The van der Waals surface area contributed by atoms with E-state index in [1.54, 1.807) is 32.9 Å². The predicted molar refractivity (Wildman–Crippen MR) is 179 cm³/mol. The van der Waals surface area contributed by atoms with Gasteiger partial charge in [0, 0.05) is 28.1 Å². The van der Waals surface area contributed by atoms with Gasteiger partial charge in [0.05, 0.1) is 43.4 Å². The van der Waals surface area contributed by atoms with Crippen LogP contribution in [0.5, 0.6) is 11.5 Å². The van der Waals surface area contributed by atoms with E-state index in [-0.39, 0.29) is 28.1 Å². The van der Waals surface area contributed by atoms with Crippen LogP contribution in [0, 0.1) is 0 Å². The van der Waals surface area contributed by atoms with E-state index in [0.717, 1.165) is 22.3 Å². The highest BCUT2D eigenvalue weighted by atomic mass is 35.5. The molecule has 4 rings (SSSR count). The molecule has 1 heterocycles. The van der Waals surface area contributed by atoms with Gasteiger partial charge in [-0.1, -0.05) is 47.5 Å². The van der Waals surface area contributed by atoms with E-state index >= 15 is 0 Å². The minimum atomic E-state index is -4.03. The first-order valence-corrected chi connectivity index (χ1v) is 17.8. The van der Waals surface area contributed by atoms with E-state index in [9.17, 15) is 18.3 Å². The average molecular weight is 698 g/mol. The van der Waals surface area contributed by atoms with Gasteiger partial charge in [0.25, 0.3) is 0 Å². The molecule has 3 atom stereocenters. The van der Waals surface area contributed by atoms with E-state index < -0.39 is 34.1 Å². The van der Waals surface area contributed by atoms with Gasteiger partial charge >= 0.3 is 0 Å². The second-order valence-electron chi connectivity index (χ2n) is 10.8. The van der Waals surface area contributed by atoms with Crippen molar-refractivity contribution in [1.29, 1.82) is 0 Å². The number of rotatable bonds is 14. The molecular weight excluding hydrogens is 659 g/mol. The lowest BCUT2D eigenvalue weighted by atomic mass is 9.97. The Bertz CT molecular complexity index is 1540. The minimum absolute atomic E-state index is 0.0737. The molecule has 0 bridgehead atoms. The van der Waals surface area contributed by atoms with Crippen LogP contribution in [0.15, 0.2) is 59.5 Å². The molecule has 0 aliphatic carbocycles. The first-order valence-electron chi connectivity index (χ1n) is 14.5. The van der Waals surface area contributed by atoms with Crippen LogP contribution < -0.4 is 14.8 Å². The highest BCUT2D eigenvalue weighted by Gasteiger charge is 2.40. The molecule has 244 valence electrons. The van der Waals surface area contributed by atoms with Gasteiger partial charge in [0.15, 0.2) is 0 Å². The molecule has 1 unspecified atom stereocenters. The summed E-state index contributed by atoms with van der Waals surface area (Å²) in [6.45, 7) is 1.89. The number of benzene rings is 3. The zero-order chi connectivity index (χ0) is 32.7. The summed E-state index contributed by atoms with van der Waals surface area (Å²) < 4.78 is 39.4. The number of carbonyl (C=O) groups is 1. The first-order chi connectivity index (χ1) is 21.5. The van der Waals surface area contributed by atoms with Crippen molar-refractivity contribution < 1.29 is 32.9 Å². The molecule has 1 aliphatic heterocycles. The maximum absolute atomic E-state index is 13.4. The maximum Gasteiger partial charge on any atom is 0.243 e. The Balaban J connectivity index is 1.50. The first kappa shape index (κ1) is 35.3.